The van der Waals surface area contributed by atoms with E-state index < -0.39 is 11.8 Å². The average Bonchev–Trinajstić information content (AvgIpc) is 2.64. The summed E-state index contributed by atoms with van der Waals surface area (Å²) in [5.41, 5.74) is 7.30. The van der Waals surface area contributed by atoms with Crippen molar-refractivity contribution in [3.05, 3.63) is 72.4 Å². The standard InChI is InChI=1S/C19H17N3O2/c20-18(23)14-11-15(13-21-12-14)19(24)22(16-7-3-1-4-8-16)17-9-5-2-6-10-17/h1-10,12-14H,11H2,(H2,20,23). The summed E-state index contributed by atoms with van der Waals surface area (Å²) in [5, 5.41) is 0. The lowest BCUT2D eigenvalue weighted by atomic mass is 9.97. The summed E-state index contributed by atoms with van der Waals surface area (Å²) in [4.78, 5) is 30.1. The fraction of sp³-hybridized carbons (Fsp3) is 0.105. The van der Waals surface area contributed by atoms with Gasteiger partial charge in [-0.25, -0.2) is 0 Å². The highest BCUT2D eigenvalue weighted by atomic mass is 16.2. The molecule has 0 spiro atoms. The van der Waals surface area contributed by atoms with E-state index in [2.05, 4.69) is 4.99 Å². The van der Waals surface area contributed by atoms with Crippen molar-refractivity contribution in [3.63, 3.8) is 0 Å². The number of carbonyl (C=O) groups excluding carboxylic acids is 2. The van der Waals surface area contributed by atoms with Crippen LogP contribution in [0.2, 0.25) is 0 Å². The molecule has 5 nitrogen and oxygen atoms in total. The third-order valence-corrected chi connectivity index (χ3v) is 3.81. The molecule has 1 aliphatic heterocycles. The van der Waals surface area contributed by atoms with Crippen molar-refractivity contribution in [1.82, 2.24) is 0 Å². The van der Waals surface area contributed by atoms with Gasteiger partial charge in [0.2, 0.25) is 5.91 Å². The SMILES string of the molecule is NC(=O)C1C=NC=C(C(=O)N(c2ccccc2)c2ccccc2)C1. The number of anilines is 2. The molecular formula is C19H17N3O2. The Hall–Kier alpha value is -3.21. The van der Waals surface area contributed by atoms with E-state index in [1.165, 1.54) is 12.4 Å². The van der Waals surface area contributed by atoms with Crippen molar-refractivity contribution in [2.45, 2.75) is 6.42 Å². The molecule has 1 unspecified atom stereocenters. The van der Waals surface area contributed by atoms with Gasteiger partial charge in [0.15, 0.2) is 0 Å². The minimum Gasteiger partial charge on any atom is -0.369 e. The molecule has 1 atom stereocenters. The molecule has 2 amide bonds. The predicted octanol–water partition coefficient (Wildman–Crippen LogP) is 2.81. The van der Waals surface area contributed by atoms with Crippen molar-refractivity contribution in [3.8, 4) is 0 Å². The zero-order valence-corrected chi connectivity index (χ0v) is 13.0. The fourth-order valence-electron chi connectivity index (χ4n) is 2.58. The predicted molar refractivity (Wildman–Crippen MR) is 93.9 cm³/mol. The molecule has 0 radical (unpaired) electrons. The van der Waals surface area contributed by atoms with Gasteiger partial charge in [0.05, 0.1) is 5.92 Å². The smallest absolute Gasteiger partial charge is 0.260 e. The Morgan fingerprint density at radius 3 is 2.00 bits per heavy atom. The molecule has 5 heteroatoms. The summed E-state index contributed by atoms with van der Waals surface area (Å²) in [7, 11) is 0. The Kier molecular flexibility index (Phi) is 4.52. The summed E-state index contributed by atoms with van der Waals surface area (Å²) < 4.78 is 0. The number of hydrogen-bond donors (Lipinski definition) is 1. The van der Waals surface area contributed by atoms with Crippen molar-refractivity contribution in [1.29, 1.82) is 0 Å². The lowest BCUT2D eigenvalue weighted by molar-refractivity contribution is -0.119. The molecule has 120 valence electrons. The lowest BCUT2D eigenvalue weighted by Gasteiger charge is -2.25. The quantitative estimate of drug-likeness (QED) is 0.941. The fourth-order valence-corrected chi connectivity index (χ4v) is 2.58. The zero-order valence-electron chi connectivity index (χ0n) is 13.0. The van der Waals surface area contributed by atoms with Gasteiger partial charge in [0.1, 0.15) is 0 Å². The van der Waals surface area contributed by atoms with Gasteiger partial charge >= 0.3 is 0 Å². The number of para-hydroxylation sites is 2. The molecule has 3 rings (SSSR count). The van der Waals surface area contributed by atoms with Crippen LogP contribution in [0.1, 0.15) is 6.42 Å². The molecule has 2 N–H and O–H groups in total. The van der Waals surface area contributed by atoms with Crippen molar-refractivity contribution in [2.24, 2.45) is 16.6 Å². The van der Waals surface area contributed by atoms with Crippen LogP contribution < -0.4 is 10.6 Å². The molecule has 2 aromatic carbocycles. The third kappa shape index (κ3) is 3.25. The second-order valence-electron chi connectivity index (χ2n) is 5.48. The van der Waals surface area contributed by atoms with Gasteiger partial charge in [-0.1, -0.05) is 36.4 Å². The highest BCUT2D eigenvalue weighted by Gasteiger charge is 2.27. The average molecular weight is 319 g/mol. The van der Waals surface area contributed by atoms with Crippen LogP contribution in [0.3, 0.4) is 0 Å². The minimum atomic E-state index is -0.553. The summed E-state index contributed by atoms with van der Waals surface area (Å²) in [6.07, 6.45) is 3.24. The Labute approximate surface area is 140 Å². The molecule has 0 bridgehead atoms. The molecule has 0 aliphatic carbocycles. The Bertz CT molecular complexity index is 758. The third-order valence-electron chi connectivity index (χ3n) is 3.81. The van der Waals surface area contributed by atoms with E-state index in [0.29, 0.717) is 5.57 Å². The van der Waals surface area contributed by atoms with Gasteiger partial charge in [-0.15, -0.1) is 0 Å². The van der Waals surface area contributed by atoms with Crippen LogP contribution in [0.25, 0.3) is 0 Å². The molecule has 0 fully saturated rings. The van der Waals surface area contributed by atoms with Gasteiger partial charge in [-0.3, -0.25) is 19.5 Å². The molecule has 1 heterocycles. The van der Waals surface area contributed by atoms with E-state index in [4.69, 9.17) is 5.73 Å². The highest BCUT2D eigenvalue weighted by molar-refractivity contribution is 6.11. The number of aliphatic imine (C=N–C) groups is 1. The normalized spacial score (nSPS) is 16.3. The van der Waals surface area contributed by atoms with Crippen LogP contribution in [0.15, 0.2) is 77.4 Å². The molecule has 0 saturated carbocycles. The first-order valence-electron chi connectivity index (χ1n) is 7.63. The maximum absolute atomic E-state index is 13.1. The minimum absolute atomic E-state index is 0.212. The van der Waals surface area contributed by atoms with Crippen molar-refractivity contribution >= 4 is 29.4 Å². The summed E-state index contributed by atoms with van der Waals surface area (Å²) in [5.74, 6) is -1.25. The summed E-state index contributed by atoms with van der Waals surface area (Å²) in [6, 6.07) is 18.7. The van der Waals surface area contributed by atoms with Gasteiger partial charge in [0, 0.05) is 29.4 Å². The number of carbonyl (C=O) groups is 2. The Balaban J connectivity index is 1.98. The van der Waals surface area contributed by atoms with E-state index in [-0.39, 0.29) is 12.3 Å². The number of hydrogen-bond acceptors (Lipinski definition) is 3. The van der Waals surface area contributed by atoms with Crippen LogP contribution in [-0.2, 0) is 9.59 Å². The number of nitrogens with zero attached hydrogens (tertiary/aromatic N) is 2. The summed E-state index contributed by atoms with van der Waals surface area (Å²) >= 11 is 0. The Morgan fingerprint density at radius 2 is 1.50 bits per heavy atom. The van der Waals surface area contributed by atoms with Crippen molar-refractivity contribution in [2.75, 3.05) is 4.90 Å². The maximum atomic E-state index is 13.1. The number of rotatable bonds is 4. The molecule has 0 aromatic heterocycles. The molecular weight excluding hydrogens is 302 g/mol. The molecule has 0 saturated heterocycles. The molecule has 1 aliphatic rings. The molecule has 2 aromatic rings. The first kappa shape index (κ1) is 15.7. The highest BCUT2D eigenvalue weighted by Crippen LogP contribution is 2.29. The van der Waals surface area contributed by atoms with Gasteiger partial charge in [-0.2, -0.15) is 0 Å². The van der Waals surface area contributed by atoms with Gasteiger partial charge in [-0.05, 0) is 30.7 Å². The van der Waals surface area contributed by atoms with E-state index in [1.54, 1.807) is 4.90 Å². The van der Waals surface area contributed by atoms with Crippen LogP contribution >= 0.6 is 0 Å². The second-order valence-corrected chi connectivity index (χ2v) is 5.48. The van der Waals surface area contributed by atoms with E-state index in [9.17, 15) is 9.59 Å². The van der Waals surface area contributed by atoms with Crippen LogP contribution in [0, 0.1) is 5.92 Å². The summed E-state index contributed by atoms with van der Waals surface area (Å²) in [6.45, 7) is 0. The first-order chi connectivity index (χ1) is 11.7. The number of amides is 2. The van der Waals surface area contributed by atoms with Crippen molar-refractivity contribution < 1.29 is 9.59 Å². The number of primary amides is 1. The Morgan fingerprint density at radius 1 is 0.958 bits per heavy atom. The largest absolute Gasteiger partial charge is 0.369 e. The number of nitrogens with two attached hydrogens (primary N) is 1. The van der Waals surface area contributed by atoms with E-state index in [0.717, 1.165) is 11.4 Å². The van der Waals surface area contributed by atoms with Gasteiger partial charge < -0.3 is 5.73 Å². The lowest BCUT2D eigenvalue weighted by Crippen LogP contribution is -2.32. The maximum Gasteiger partial charge on any atom is 0.260 e. The monoisotopic (exact) mass is 319 g/mol. The van der Waals surface area contributed by atoms with E-state index in [1.807, 2.05) is 60.7 Å². The zero-order chi connectivity index (χ0) is 16.9. The molecule has 24 heavy (non-hydrogen) atoms. The number of benzene rings is 2. The first-order valence-corrected chi connectivity index (χ1v) is 7.63. The van der Waals surface area contributed by atoms with Crippen LogP contribution in [0.5, 0.6) is 0 Å². The topological polar surface area (TPSA) is 75.8 Å². The second kappa shape index (κ2) is 6.91. The van der Waals surface area contributed by atoms with Crippen LogP contribution in [-0.4, -0.2) is 18.0 Å². The van der Waals surface area contributed by atoms with E-state index >= 15 is 0 Å². The van der Waals surface area contributed by atoms with Crippen LogP contribution in [0.4, 0.5) is 11.4 Å². The van der Waals surface area contributed by atoms with Gasteiger partial charge in [0.25, 0.3) is 5.91 Å².